The lowest BCUT2D eigenvalue weighted by Crippen LogP contribution is -2.02. The summed E-state index contributed by atoms with van der Waals surface area (Å²) in [6.45, 7) is 0.676. The van der Waals surface area contributed by atoms with Crippen molar-refractivity contribution < 1.29 is 0 Å². The Morgan fingerprint density at radius 2 is 2.00 bits per heavy atom. The second kappa shape index (κ2) is 3.90. The van der Waals surface area contributed by atoms with Gasteiger partial charge in [-0.3, -0.25) is 9.48 Å². The first-order valence-corrected chi connectivity index (χ1v) is 5.42. The van der Waals surface area contributed by atoms with Crippen LogP contribution in [0.5, 0.6) is 0 Å². The van der Waals surface area contributed by atoms with Crippen LogP contribution in [0.2, 0.25) is 0 Å². The molecule has 0 saturated carbocycles. The minimum absolute atomic E-state index is 0.0955. The first kappa shape index (κ1) is 9.84. The van der Waals surface area contributed by atoms with E-state index in [-0.39, 0.29) is 5.56 Å². The average Bonchev–Trinajstić information content (AvgIpc) is 2.74. The van der Waals surface area contributed by atoms with Gasteiger partial charge in [0.2, 0.25) is 0 Å². The van der Waals surface area contributed by atoms with Crippen LogP contribution in [-0.4, -0.2) is 14.8 Å². The molecule has 0 spiro atoms. The molecule has 4 nitrogen and oxygen atoms in total. The fourth-order valence-corrected chi connectivity index (χ4v) is 1.86. The van der Waals surface area contributed by atoms with Crippen molar-refractivity contribution in [1.29, 1.82) is 0 Å². The molecule has 0 aliphatic heterocycles. The van der Waals surface area contributed by atoms with E-state index in [1.165, 1.54) is 0 Å². The van der Waals surface area contributed by atoms with Crippen LogP contribution in [0.1, 0.15) is 5.56 Å². The summed E-state index contributed by atoms with van der Waals surface area (Å²) >= 11 is 0. The maximum atomic E-state index is 11.5. The molecule has 2 heterocycles. The van der Waals surface area contributed by atoms with Crippen LogP contribution in [0.4, 0.5) is 0 Å². The lowest BCUT2D eigenvalue weighted by atomic mass is 10.2. The van der Waals surface area contributed by atoms with Crippen LogP contribution in [-0.2, 0) is 6.54 Å². The van der Waals surface area contributed by atoms with E-state index in [1.54, 1.807) is 23.1 Å². The number of nitrogens with one attached hydrogen (secondary N) is 1. The lowest BCUT2D eigenvalue weighted by molar-refractivity contribution is 0.696. The van der Waals surface area contributed by atoms with Crippen molar-refractivity contribution in [3.05, 3.63) is 64.7 Å². The third kappa shape index (κ3) is 1.85. The highest BCUT2D eigenvalue weighted by molar-refractivity contribution is 5.76. The van der Waals surface area contributed by atoms with Crippen molar-refractivity contribution in [1.82, 2.24) is 14.8 Å². The van der Waals surface area contributed by atoms with Gasteiger partial charge < -0.3 is 4.98 Å². The van der Waals surface area contributed by atoms with Crippen LogP contribution in [0.3, 0.4) is 0 Å². The van der Waals surface area contributed by atoms with Gasteiger partial charge in [0.25, 0.3) is 5.56 Å². The number of aromatic amines is 1. The van der Waals surface area contributed by atoms with Gasteiger partial charge in [-0.25, -0.2) is 0 Å². The monoisotopic (exact) mass is 225 g/mol. The van der Waals surface area contributed by atoms with E-state index in [1.807, 2.05) is 30.3 Å². The van der Waals surface area contributed by atoms with Gasteiger partial charge >= 0.3 is 0 Å². The average molecular weight is 225 g/mol. The molecule has 1 aromatic carbocycles. The summed E-state index contributed by atoms with van der Waals surface area (Å²) in [5, 5.41) is 4.99. The van der Waals surface area contributed by atoms with Crippen molar-refractivity contribution in [3.63, 3.8) is 0 Å². The predicted molar refractivity (Wildman–Crippen MR) is 65.9 cm³/mol. The molecule has 0 aliphatic rings. The largest absolute Gasteiger partial charge is 0.328 e. The van der Waals surface area contributed by atoms with E-state index in [0.29, 0.717) is 11.9 Å². The maximum absolute atomic E-state index is 11.5. The minimum Gasteiger partial charge on any atom is -0.328 e. The SMILES string of the molecule is O=c1[nH]ccc2nn(Cc3ccccc3)cc12. The highest BCUT2D eigenvalue weighted by Crippen LogP contribution is 2.08. The van der Waals surface area contributed by atoms with E-state index < -0.39 is 0 Å². The summed E-state index contributed by atoms with van der Waals surface area (Å²) in [6.07, 6.45) is 3.39. The highest BCUT2D eigenvalue weighted by Gasteiger charge is 2.03. The zero-order valence-corrected chi connectivity index (χ0v) is 9.13. The number of hydrogen-bond donors (Lipinski definition) is 1. The van der Waals surface area contributed by atoms with Crippen LogP contribution < -0.4 is 5.56 Å². The third-order valence-corrected chi connectivity index (χ3v) is 2.68. The summed E-state index contributed by atoms with van der Waals surface area (Å²) < 4.78 is 1.79. The second-order valence-electron chi connectivity index (χ2n) is 3.92. The van der Waals surface area contributed by atoms with Crippen LogP contribution in [0.25, 0.3) is 10.9 Å². The van der Waals surface area contributed by atoms with Crippen molar-refractivity contribution in [2.45, 2.75) is 6.54 Å². The quantitative estimate of drug-likeness (QED) is 0.722. The Bertz CT molecular complexity index is 697. The van der Waals surface area contributed by atoms with Gasteiger partial charge in [-0.1, -0.05) is 30.3 Å². The summed E-state index contributed by atoms with van der Waals surface area (Å²) in [5.41, 5.74) is 1.79. The zero-order chi connectivity index (χ0) is 11.7. The van der Waals surface area contributed by atoms with Gasteiger partial charge in [-0.15, -0.1) is 0 Å². The molecular weight excluding hydrogens is 214 g/mol. The number of hydrogen-bond acceptors (Lipinski definition) is 2. The second-order valence-corrected chi connectivity index (χ2v) is 3.92. The van der Waals surface area contributed by atoms with Crippen molar-refractivity contribution in [2.75, 3.05) is 0 Å². The molecule has 3 aromatic rings. The molecule has 0 amide bonds. The van der Waals surface area contributed by atoms with Gasteiger partial charge in [-0.2, -0.15) is 5.10 Å². The molecule has 0 unspecified atom stereocenters. The first-order valence-electron chi connectivity index (χ1n) is 5.42. The van der Waals surface area contributed by atoms with E-state index in [4.69, 9.17) is 0 Å². The van der Waals surface area contributed by atoms with Crippen molar-refractivity contribution in [2.24, 2.45) is 0 Å². The fraction of sp³-hybridized carbons (Fsp3) is 0.0769. The summed E-state index contributed by atoms with van der Waals surface area (Å²) in [5.74, 6) is 0. The Balaban J connectivity index is 2.02. The molecule has 0 atom stereocenters. The van der Waals surface area contributed by atoms with Gasteiger partial charge in [0.15, 0.2) is 0 Å². The van der Waals surface area contributed by atoms with Gasteiger partial charge in [-0.05, 0) is 11.6 Å². The number of rotatable bonds is 2. The number of aromatic nitrogens is 3. The Hall–Kier alpha value is -2.36. The number of benzene rings is 1. The summed E-state index contributed by atoms with van der Waals surface area (Å²) in [6, 6.07) is 11.8. The van der Waals surface area contributed by atoms with Crippen LogP contribution in [0.15, 0.2) is 53.6 Å². The van der Waals surface area contributed by atoms with E-state index in [9.17, 15) is 4.79 Å². The van der Waals surface area contributed by atoms with Crippen LogP contribution in [0, 0.1) is 0 Å². The molecule has 0 bridgehead atoms. The Labute approximate surface area is 97.5 Å². The molecule has 0 aliphatic carbocycles. The number of pyridine rings is 1. The molecule has 2 aromatic heterocycles. The molecule has 4 heteroatoms. The van der Waals surface area contributed by atoms with Crippen LogP contribution >= 0.6 is 0 Å². The Morgan fingerprint density at radius 1 is 1.18 bits per heavy atom. The molecule has 3 rings (SSSR count). The Kier molecular flexibility index (Phi) is 2.26. The molecule has 17 heavy (non-hydrogen) atoms. The van der Waals surface area contributed by atoms with Gasteiger partial charge in [0.05, 0.1) is 17.4 Å². The zero-order valence-electron chi connectivity index (χ0n) is 9.13. The minimum atomic E-state index is -0.0955. The fourth-order valence-electron chi connectivity index (χ4n) is 1.86. The van der Waals surface area contributed by atoms with Crippen molar-refractivity contribution >= 4 is 10.9 Å². The molecule has 1 N–H and O–H groups in total. The van der Waals surface area contributed by atoms with Gasteiger partial charge in [0, 0.05) is 12.4 Å². The smallest absolute Gasteiger partial charge is 0.259 e. The lowest BCUT2D eigenvalue weighted by Gasteiger charge is -2.00. The molecule has 84 valence electrons. The standard InChI is InChI=1S/C13H11N3O/c17-13-11-9-16(15-12(11)6-7-14-13)8-10-4-2-1-3-5-10/h1-7,9H,8H2,(H,14,17). The molecular formula is C13H11N3O. The Morgan fingerprint density at radius 3 is 2.76 bits per heavy atom. The summed E-state index contributed by atoms with van der Waals surface area (Å²) in [4.78, 5) is 14.2. The van der Waals surface area contributed by atoms with E-state index in [2.05, 4.69) is 10.1 Å². The third-order valence-electron chi connectivity index (χ3n) is 2.68. The first-order chi connectivity index (χ1) is 8.33. The maximum Gasteiger partial charge on any atom is 0.259 e. The summed E-state index contributed by atoms with van der Waals surface area (Å²) in [7, 11) is 0. The van der Waals surface area contributed by atoms with Crippen molar-refractivity contribution in [3.8, 4) is 0 Å². The molecule has 0 saturated heterocycles. The molecule has 0 fully saturated rings. The number of nitrogens with zero attached hydrogens (tertiary/aromatic N) is 2. The molecule has 0 radical (unpaired) electrons. The highest BCUT2D eigenvalue weighted by atomic mass is 16.1. The van der Waals surface area contributed by atoms with E-state index in [0.717, 1.165) is 11.1 Å². The topological polar surface area (TPSA) is 50.7 Å². The normalized spacial score (nSPS) is 10.8. The predicted octanol–water partition coefficient (Wildman–Crippen LogP) is 1.77. The van der Waals surface area contributed by atoms with Gasteiger partial charge in [0.1, 0.15) is 0 Å². The number of H-pyrrole nitrogens is 1. The van der Waals surface area contributed by atoms with E-state index >= 15 is 0 Å². The number of fused-ring (bicyclic) bond motifs is 1.